The smallest absolute Gasteiger partial charge is 0.345 e. The normalized spacial score (nSPS) is 19.3. The number of nitrogens with one attached hydrogen (secondary N) is 1. The Bertz CT molecular complexity index is 1880. The van der Waals surface area contributed by atoms with E-state index in [4.69, 9.17) is 0 Å². The molecular formula is C37H38N4O4. The molecule has 2 fully saturated rings. The number of rotatable bonds is 10. The van der Waals surface area contributed by atoms with Crippen LogP contribution in [-0.4, -0.2) is 54.7 Å². The number of nitrogens with zero attached hydrogens (tertiary/aromatic N) is 3. The molecule has 3 heterocycles. The lowest BCUT2D eigenvalue weighted by molar-refractivity contribution is 0.0691. The van der Waals surface area contributed by atoms with Gasteiger partial charge in [0.1, 0.15) is 5.75 Å². The molecule has 0 spiro atoms. The van der Waals surface area contributed by atoms with Gasteiger partial charge in [0.15, 0.2) is 5.56 Å². The monoisotopic (exact) mass is 602 g/mol. The molecule has 0 amide bonds. The van der Waals surface area contributed by atoms with Crippen LogP contribution in [0.5, 0.6) is 5.75 Å². The number of aromatic hydroxyl groups is 1. The van der Waals surface area contributed by atoms with Crippen LogP contribution in [0.4, 0.5) is 0 Å². The van der Waals surface area contributed by atoms with Crippen molar-refractivity contribution in [2.24, 2.45) is 18.9 Å². The molecule has 7 rings (SSSR count). The zero-order valence-corrected chi connectivity index (χ0v) is 25.6. The van der Waals surface area contributed by atoms with Gasteiger partial charge in [-0.15, -0.1) is 0 Å². The van der Waals surface area contributed by atoms with Crippen molar-refractivity contribution in [1.29, 1.82) is 0 Å². The first-order chi connectivity index (χ1) is 21.8. The van der Waals surface area contributed by atoms with Crippen molar-refractivity contribution in [3.63, 3.8) is 0 Å². The van der Waals surface area contributed by atoms with Crippen LogP contribution < -0.4 is 5.56 Å². The van der Waals surface area contributed by atoms with E-state index in [2.05, 4.69) is 93.1 Å². The van der Waals surface area contributed by atoms with Crippen LogP contribution in [0.3, 0.4) is 0 Å². The van der Waals surface area contributed by atoms with Crippen LogP contribution >= 0.6 is 0 Å². The number of hydrogen-bond donors (Lipinski definition) is 3. The summed E-state index contributed by atoms with van der Waals surface area (Å²) in [6.07, 6.45) is 0.378. The minimum atomic E-state index is -1.44. The van der Waals surface area contributed by atoms with Gasteiger partial charge in [0.25, 0.3) is 5.56 Å². The first-order valence-electron chi connectivity index (χ1n) is 15.7. The molecule has 3 atom stereocenters. The van der Waals surface area contributed by atoms with E-state index in [1.807, 2.05) is 25.1 Å². The molecule has 8 nitrogen and oxygen atoms in total. The number of carboxylic acid groups (broad SMARTS) is 1. The lowest BCUT2D eigenvalue weighted by atomic mass is 9.99. The Balaban J connectivity index is 1.08. The van der Waals surface area contributed by atoms with Crippen LogP contribution in [0.1, 0.15) is 39.7 Å². The van der Waals surface area contributed by atoms with Gasteiger partial charge in [-0.25, -0.2) is 4.79 Å². The van der Waals surface area contributed by atoms with Crippen LogP contribution in [-0.2, 0) is 33.1 Å². The second-order valence-corrected chi connectivity index (χ2v) is 12.5. The maximum absolute atomic E-state index is 12.5. The molecule has 230 valence electrons. The SMILES string of the molecule is CCc1c(-c2ccc3c(c2)cc(CN2C[C@@H]4[C@H](C2)[C@@H]4N(Cc2ccccc2)Cc2ccccc2)n3C)[nH]c(=O)c(C(=O)O)c1O. The molecule has 0 radical (unpaired) electrons. The highest BCUT2D eigenvalue weighted by molar-refractivity contribution is 5.92. The van der Waals surface area contributed by atoms with Crippen molar-refractivity contribution in [2.75, 3.05) is 13.1 Å². The summed E-state index contributed by atoms with van der Waals surface area (Å²) in [7, 11) is 2.09. The number of H-pyrrole nitrogens is 1. The van der Waals surface area contributed by atoms with Gasteiger partial charge in [0.2, 0.25) is 0 Å². The maximum atomic E-state index is 12.5. The third kappa shape index (κ3) is 5.45. The predicted octanol–water partition coefficient (Wildman–Crippen LogP) is 5.63. The Kier molecular flexibility index (Phi) is 7.55. The summed E-state index contributed by atoms with van der Waals surface area (Å²) in [5.41, 5.74) is 5.20. The second kappa shape index (κ2) is 11.7. The van der Waals surface area contributed by atoms with Gasteiger partial charge in [0.05, 0.1) is 5.69 Å². The Morgan fingerprint density at radius 3 is 2.13 bits per heavy atom. The van der Waals surface area contributed by atoms with Crippen molar-refractivity contribution in [1.82, 2.24) is 19.4 Å². The zero-order chi connectivity index (χ0) is 31.2. The van der Waals surface area contributed by atoms with Crippen molar-refractivity contribution >= 4 is 16.9 Å². The molecule has 8 heteroatoms. The van der Waals surface area contributed by atoms with Gasteiger partial charge >= 0.3 is 5.97 Å². The molecule has 3 aromatic carbocycles. The van der Waals surface area contributed by atoms with E-state index in [0.29, 0.717) is 35.6 Å². The Morgan fingerprint density at radius 2 is 1.56 bits per heavy atom. The molecule has 3 N–H and O–H groups in total. The quantitative estimate of drug-likeness (QED) is 0.192. The van der Waals surface area contributed by atoms with Crippen LogP contribution in [0.2, 0.25) is 0 Å². The van der Waals surface area contributed by atoms with Gasteiger partial charge in [0, 0.05) is 68.0 Å². The van der Waals surface area contributed by atoms with E-state index >= 15 is 0 Å². The Morgan fingerprint density at radius 1 is 0.933 bits per heavy atom. The van der Waals surface area contributed by atoms with Gasteiger partial charge in [-0.3, -0.25) is 14.6 Å². The number of carboxylic acids is 1. The number of carbonyl (C=O) groups is 1. The largest absolute Gasteiger partial charge is 0.506 e. The van der Waals surface area contributed by atoms with Crippen molar-refractivity contribution < 1.29 is 15.0 Å². The lowest BCUT2D eigenvalue weighted by Gasteiger charge is -2.28. The van der Waals surface area contributed by atoms with Gasteiger partial charge in [-0.05, 0) is 53.1 Å². The first kappa shape index (κ1) is 29.1. The number of aromatic carboxylic acids is 1. The molecule has 1 aliphatic heterocycles. The summed E-state index contributed by atoms with van der Waals surface area (Å²) in [6.45, 7) is 6.77. The van der Waals surface area contributed by atoms with Gasteiger partial charge in [-0.1, -0.05) is 73.7 Å². The third-order valence-electron chi connectivity index (χ3n) is 9.78. The van der Waals surface area contributed by atoms with Crippen LogP contribution in [0.15, 0.2) is 89.7 Å². The summed E-state index contributed by atoms with van der Waals surface area (Å²) in [4.78, 5) is 32.0. The molecule has 45 heavy (non-hydrogen) atoms. The van der Waals surface area contributed by atoms with E-state index < -0.39 is 22.8 Å². The number of aromatic nitrogens is 2. The third-order valence-corrected chi connectivity index (χ3v) is 9.78. The van der Waals surface area contributed by atoms with E-state index in [1.54, 1.807) is 0 Å². The summed E-state index contributed by atoms with van der Waals surface area (Å²) >= 11 is 0. The highest BCUT2D eigenvalue weighted by atomic mass is 16.4. The summed E-state index contributed by atoms with van der Waals surface area (Å²) in [6, 6.07) is 30.3. The average Bonchev–Trinajstić information content (AvgIpc) is 3.36. The molecule has 0 unspecified atom stereocenters. The molecule has 1 saturated heterocycles. The van der Waals surface area contributed by atoms with E-state index in [-0.39, 0.29) is 0 Å². The molecule has 1 saturated carbocycles. The molecule has 0 bridgehead atoms. The number of fused-ring (bicyclic) bond motifs is 2. The van der Waals surface area contributed by atoms with Gasteiger partial charge < -0.3 is 19.8 Å². The second-order valence-electron chi connectivity index (χ2n) is 12.5. The predicted molar refractivity (Wildman–Crippen MR) is 175 cm³/mol. The van der Waals surface area contributed by atoms with E-state index in [0.717, 1.165) is 49.2 Å². The molecule has 1 aliphatic carbocycles. The van der Waals surface area contributed by atoms with Gasteiger partial charge in [-0.2, -0.15) is 0 Å². The van der Waals surface area contributed by atoms with E-state index in [1.165, 1.54) is 16.8 Å². The molecular weight excluding hydrogens is 564 g/mol. The zero-order valence-electron chi connectivity index (χ0n) is 25.6. The van der Waals surface area contributed by atoms with E-state index in [9.17, 15) is 19.8 Å². The number of aromatic amines is 1. The average molecular weight is 603 g/mol. The number of pyridine rings is 1. The Hall–Kier alpha value is -4.66. The number of benzene rings is 3. The summed E-state index contributed by atoms with van der Waals surface area (Å²) in [5.74, 6) is -0.562. The maximum Gasteiger partial charge on any atom is 0.345 e. The molecule has 5 aromatic rings. The topological polar surface area (TPSA) is 102 Å². The first-order valence-corrected chi connectivity index (χ1v) is 15.7. The number of hydrogen-bond acceptors (Lipinski definition) is 5. The standard InChI is InChI=1S/C37H38N4O4/c1-3-28-33(38-36(43)32(35(28)42)37(44)45)25-14-15-31-26(16-25)17-27(39(31)2)20-40-21-29-30(22-40)34(29)41(18-23-10-6-4-7-11-23)19-24-12-8-5-9-13-24/h4-17,29-30,34H,3,18-22H2,1-2H3,(H,44,45)(H2,38,42,43)/t29-,30+,34-. The van der Waals surface area contributed by atoms with Crippen LogP contribution in [0, 0.1) is 11.8 Å². The van der Waals surface area contributed by atoms with Crippen molar-refractivity contribution in [2.45, 2.75) is 39.0 Å². The number of likely N-dealkylation sites (tertiary alicyclic amines) is 1. The number of piperidine rings is 1. The van der Waals surface area contributed by atoms with Crippen molar-refractivity contribution in [3.05, 3.63) is 123 Å². The number of aryl methyl sites for hydroxylation is 1. The fourth-order valence-corrected chi connectivity index (χ4v) is 7.52. The highest BCUT2D eigenvalue weighted by Gasteiger charge is 2.57. The minimum absolute atomic E-state index is 0.378. The highest BCUT2D eigenvalue weighted by Crippen LogP contribution is 2.50. The lowest BCUT2D eigenvalue weighted by Crippen LogP contribution is -2.34. The Labute approximate surface area is 262 Å². The summed E-state index contributed by atoms with van der Waals surface area (Å²) < 4.78 is 2.23. The summed E-state index contributed by atoms with van der Waals surface area (Å²) in [5, 5.41) is 21.1. The fourth-order valence-electron chi connectivity index (χ4n) is 7.52. The van der Waals surface area contributed by atoms with Crippen LogP contribution in [0.25, 0.3) is 22.2 Å². The van der Waals surface area contributed by atoms with Crippen molar-refractivity contribution in [3.8, 4) is 17.0 Å². The fraction of sp³-hybridized carbons (Fsp3) is 0.297. The molecule has 2 aliphatic rings. The molecule has 2 aromatic heterocycles. The minimum Gasteiger partial charge on any atom is -0.506 e.